The van der Waals surface area contributed by atoms with Crippen LogP contribution in [0.3, 0.4) is 0 Å². The number of benzene rings is 3. The molecule has 0 unspecified atom stereocenters. The van der Waals surface area contributed by atoms with Crippen molar-refractivity contribution in [2.24, 2.45) is 0 Å². The van der Waals surface area contributed by atoms with Gasteiger partial charge in [-0.3, -0.25) is 9.59 Å². The maximum atomic E-state index is 13.8. The van der Waals surface area contributed by atoms with Crippen molar-refractivity contribution in [1.29, 1.82) is 0 Å². The topological polar surface area (TPSA) is 76.0 Å². The van der Waals surface area contributed by atoms with E-state index in [2.05, 4.69) is 15.6 Å². The molecular weight excluding hydrogens is 443 g/mol. The molecule has 0 aliphatic carbocycles. The summed E-state index contributed by atoms with van der Waals surface area (Å²) in [5.74, 6) is -1.41. The van der Waals surface area contributed by atoms with Crippen molar-refractivity contribution < 1.29 is 14.0 Å². The molecule has 2 N–H and O–H groups in total. The number of rotatable bonds is 6. The number of carbonyl (C=O) groups is 2. The van der Waals surface area contributed by atoms with Gasteiger partial charge >= 0.3 is 0 Å². The summed E-state index contributed by atoms with van der Waals surface area (Å²) in [5, 5.41) is 6.08. The Kier molecular flexibility index (Phi) is 6.51. The molecule has 3 aromatic carbocycles. The number of hydrogen-bond acceptors (Lipinski definition) is 3. The van der Waals surface area contributed by atoms with Gasteiger partial charge in [-0.05, 0) is 54.4 Å². The summed E-state index contributed by atoms with van der Waals surface area (Å²) in [6.07, 6.45) is 3.23. The van der Waals surface area contributed by atoms with Crippen molar-refractivity contribution >= 4 is 34.8 Å². The van der Waals surface area contributed by atoms with E-state index in [1.165, 1.54) is 18.2 Å². The first-order valence-corrected chi connectivity index (χ1v) is 10.5. The number of aromatic nitrogens is 2. The van der Waals surface area contributed by atoms with Crippen molar-refractivity contribution in [3.63, 3.8) is 0 Å². The van der Waals surface area contributed by atoms with Crippen LogP contribution in [0.25, 0.3) is 0 Å². The van der Waals surface area contributed by atoms with Crippen LogP contribution in [0.5, 0.6) is 0 Å². The number of halogens is 2. The van der Waals surface area contributed by atoms with Crippen LogP contribution in [0, 0.1) is 12.7 Å². The average Bonchev–Trinajstić information content (AvgIpc) is 3.27. The van der Waals surface area contributed by atoms with Crippen LogP contribution in [-0.2, 0) is 6.54 Å². The lowest BCUT2D eigenvalue weighted by atomic mass is 10.1. The summed E-state index contributed by atoms with van der Waals surface area (Å²) >= 11 is 6.10. The highest BCUT2D eigenvalue weighted by molar-refractivity contribution is 6.31. The van der Waals surface area contributed by atoms with Crippen molar-refractivity contribution in [1.82, 2.24) is 9.55 Å². The number of carbonyl (C=O) groups excluding carboxylic acids is 2. The van der Waals surface area contributed by atoms with Gasteiger partial charge in [0.15, 0.2) is 0 Å². The fourth-order valence-electron chi connectivity index (χ4n) is 3.24. The van der Waals surface area contributed by atoms with Gasteiger partial charge in [-0.2, -0.15) is 0 Å². The van der Waals surface area contributed by atoms with Crippen molar-refractivity contribution in [3.05, 3.63) is 112 Å². The molecule has 1 heterocycles. The van der Waals surface area contributed by atoms with Crippen molar-refractivity contribution in [3.8, 4) is 0 Å². The van der Waals surface area contributed by atoms with E-state index in [1.54, 1.807) is 53.5 Å². The second-order valence-corrected chi connectivity index (χ2v) is 7.84. The van der Waals surface area contributed by atoms with E-state index >= 15 is 0 Å². The van der Waals surface area contributed by atoms with Crippen LogP contribution in [0.15, 0.2) is 79.3 Å². The van der Waals surface area contributed by atoms with E-state index in [4.69, 9.17) is 11.6 Å². The minimum absolute atomic E-state index is 0.0150. The lowest BCUT2D eigenvalue weighted by Crippen LogP contribution is -2.13. The van der Waals surface area contributed by atoms with Gasteiger partial charge in [-0.25, -0.2) is 9.37 Å². The molecule has 4 rings (SSSR count). The van der Waals surface area contributed by atoms with Crippen molar-refractivity contribution in [2.75, 3.05) is 10.6 Å². The zero-order chi connectivity index (χ0) is 23.4. The molecule has 0 saturated heterocycles. The van der Waals surface area contributed by atoms with Crippen molar-refractivity contribution in [2.45, 2.75) is 13.5 Å². The number of amides is 2. The lowest BCUT2D eigenvalue weighted by molar-refractivity contribution is 0.101. The summed E-state index contributed by atoms with van der Waals surface area (Å²) < 4.78 is 15.5. The maximum absolute atomic E-state index is 13.8. The lowest BCUT2D eigenvalue weighted by Gasteiger charge is -2.08. The molecular formula is C25H20ClFN4O2. The standard InChI is InChI=1S/C25H20ClFN4O2/c1-16-20(26)6-4-8-22(16)30-25(33)23-14-31(15-28-23)13-17-9-11-18(12-10-17)29-24(32)19-5-2-3-7-21(19)27/h2-12,14-15H,13H2,1H3,(H,29,32)(H,30,33). The Labute approximate surface area is 195 Å². The molecule has 0 atom stereocenters. The van der Waals surface area contributed by atoms with Gasteiger partial charge in [-0.15, -0.1) is 0 Å². The van der Waals surface area contributed by atoms with E-state index in [1.807, 2.05) is 19.1 Å². The largest absolute Gasteiger partial charge is 0.332 e. The third-order valence-electron chi connectivity index (χ3n) is 5.08. The van der Waals surface area contributed by atoms with Crippen LogP contribution in [-0.4, -0.2) is 21.4 Å². The third-order valence-corrected chi connectivity index (χ3v) is 5.49. The molecule has 8 heteroatoms. The summed E-state index contributed by atoms with van der Waals surface area (Å²) in [5.41, 5.74) is 3.18. The van der Waals surface area contributed by atoms with Gasteiger partial charge in [-0.1, -0.05) is 41.9 Å². The Morgan fingerprint density at radius 3 is 2.48 bits per heavy atom. The van der Waals surface area contributed by atoms with Gasteiger partial charge in [0.1, 0.15) is 11.5 Å². The van der Waals surface area contributed by atoms with Crippen LogP contribution >= 0.6 is 11.6 Å². The van der Waals surface area contributed by atoms with Crippen LogP contribution in [0.4, 0.5) is 15.8 Å². The third kappa shape index (κ3) is 5.27. The summed E-state index contributed by atoms with van der Waals surface area (Å²) in [4.78, 5) is 29.0. The first kappa shape index (κ1) is 22.2. The van der Waals surface area contributed by atoms with E-state index in [0.717, 1.165) is 11.1 Å². The minimum Gasteiger partial charge on any atom is -0.332 e. The second-order valence-electron chi connectivity index (χ2n) is 7.43. The Balaban J connectivity index is 1.38. The van der Waals surface area contributed by atoms with E-state index in [0.29, 0.717) is 22.9 Å². The van der Waals surface area contributed by atoms with E-state index in [-0.39, 0.29) is 17.2 Å². The monoisotopic (exact) mass is 462 g/mol. The van der Waals surface area contributed by atoms with Gasteiger partial charge in [0.05, 0.1) is 11.9 Å². The highest BCUT2D eigenvalue weighted by atomic mass is 35.5. The Hall–Kier alpha value is -3.97. The SMILES string of the molecule is Cc1c(Cl)cccc1NC(=O)c1cn(Cc2ccc(NC(=O)c3ccccc3F)cc2)cn1. The molecule has 0 saturated carbocycles. The fraction of sp³-hybridized carbons (Fsp3) is 0.0800. The fourth-order valence-corrected chi connectivity index (χ4v) is 3.42. The molecule has 0 radical (unpaired) electrons. The maximum Gasteiger partial charge on any atom is 0.275 e. The summed E-state index contributed by atoms with van der Waals surface area (Å²) in [6, 6.07) is 18.3. The highest BCUT2D eigenvalue weighted by Crippen LogP contribution is 2.23. The van der Waals surface area contributed by atoms with Crippen LogP contribution < -0.4 is 10.6 Å². The normalized spacial score (nSPS) is 10.6. The molecule has 2 amide bonds. The number of imidazole rings is 1. The quantitative estimate of drug-likeness (QED) is 0.395. The first-order chi connectivity index (χ1) is 15.9. The molecule has 0 fully saturated rings. The molecule has 6 nitrogen and oxygen atoms in total. The first-order valence-electron chi connectivity index (χ1n) is 10.1. The number of hydrogen-bond donors (Lipinski definition) is 2. The van der Waals surface area contributed by atoms with E-state index in [9.17, 15) is 14.0 Å². The zero-order valence-electron chi connectivity index (χ0n) is 17.7. The predicted molar refractivity (Wildman–Crippen MR) is 126 cm³/mol. The molecule has 4 aromatic rings. The predicted octanol–water partition coefficient (Wildman–Crippen LogP) is 5.54. The Morgan fingerprint density at radius 2 is 1.73 bits per heavy atom. The van der Waals surface area contributed by atoms with Gasteiger partial charge in [0.2, 0.25) is 0 Å². The zero-order valence-corrected chi connectivity index (χ0v) is 18.4. The molecule has 0 spiro atoms. The van der Waals surface area contributed by atoms with Gasteiger partial charge < -0.3 is 15.2 Å². The van der Waals surface area contributed by atoms with Crippen LogP contribution in [0.1, 0.15) is 32.0 Å². The number of anilines is 2. The number of nitrogens with zero attached hydrogens (tertiary/aromatic N) is 2. The summed E-state index contributed by atoms with van der Waals surface area (Å²) in [6.45, 7) is 2.32. The second kappa shape index (κ2) is 9.67. The van der Waals surface area contributed by atoms with Gasteiger partial charge in [0.25, 0.3) is 11.8 Å². The molecule has 0 aliphatic rings. The number of nitrogens with one attached hydrogen (secondary N) is 2. The average molecular weight is 463 g/mol. The Bertz CT molecular complexity index is 1320. The molecule has 1 aromatic heterocycles. The molecule has 0 aliphatic heterocycles. The molecule has 33 heavy (non-hydrogen) atoms. The molecule has 166 valence electrons. The minimum atomic E-state index is -0.572. The van der Waals surface area contributed by atoms with Crippen LogP contribution in [0.2, 0.25) is 5.02 Å². The van der Waals surface area contributed by atoms with E-state index < -0.39 is 11.7 Å². The molecule has 0 bridgehead atoms. The summed E-state index contributed by atoms with van der Waals surface area (Å²) in [7, 11) is 0. The Morgan fingerprint density at radius 1 is 0.970 bits per heavy atom. The van der Waals surface area contributed by atoms with Gasteiger partial charge in [0, 0.05) is 29.1 Å². The smallest absolute Gasteiger partial charge is 0.275 e. The highest BCUT2D eigenvalue weighted by Gasteiger charge is 2.13.